The van der Waals surface area contributed by atoms with E-state index in [1.54, 1.807) is 0 Å². The molecule has 0 bridgehead atoms. The van der Waals surface area contributed by atoms with Crippen LogP contribution < -0.4 is 0 Å². The highest BCUT2D eigenvalue weighted by atomic mass is 14.8. The summed E-state index contributed by atoms with van der Waals surface area (Å²) in [5, 5.41) is 9.11. The van der Waals surface area contributed by atoms with Crippen molar-refractivity contribution in [2.24, 2.45) is 0 Å². The summed E-state index contributed by atoms with van der Waals surface area (Å²) >= 11 is 0. The zero-order valence-electron chi connectivity index (χ0n) is 22.5. The number of nitrogens with zero attached hydrogens (tertiary/aromatic N) is 4. The van der Waals surface area contributed by atoms with Gasteiger partial charge in [0, 0.05) is 21.5 Å². The van der Waals surface area contributed by atoms with E-state index in [-0.39, 0.29) is 0 Å². The molecule has 194 valence electrons. The second kappa shape index (κ2) is 8.88. The van der Waals surface area contributed by atoms with Crippen LogP contribution in [-0.4, -0.2) is 19.9 Å². The van der Waals surface area contributed by atoms with Crippen molar-refractivity contribution in [3.8, 4) is 22.8 Å². The molecule has 4 heterocycles. The van der Waals surface area contributed by atoms with Crippen LogP contribution in [0.2, 0.25) is 0 Å². The van der Waals surface area contributed by atoms with E-state index in [1.165, 1.54) is 21.5 Å². The molecule has 5 aromatic carbocycles. The maximum absolute atomic E-state index is 5.12. The Labute approximate surface area is 241 Å². The fraction of sp³-hybridized carbons (Fsp3) is 0. The third-order valence-electron chi connectivity index (χ3n) is 8.16. The molecule has 0 saturated heterocycles. The molecule has 0 amide bonds. The summed E-state index contributed by atoms with van der Waals surface area (Å²) in [5.74, 6) is 0. The van der Waals surface area contributed by atoms with Gasteiger partial charge in [0.25, 0.3) is 0 Å². The molecule has 0 aliphatic heterocycles. The molecule has 0 saturated carbocycles. The summed E-state index contributed by atoms with van der Waals surface area (Å²) in [6, 6.07) is 46.3. The normalized spacial score (nSPS) is 11.8. The summed E-state index contributed by atoms with van der Waals surface area (Å²) < 4.78 is 0. The molecule has 4 aromatic heterocycles. The van der Waals surface area contributed by atoms with E-state index in [9.17, 15) is 0 Å². The van der Waals surface area contributed by atoms with Crippen molar-refractivity contribution in [1.29, 1.82) is 0 Å². The van der Waals surface area contributed by atoms with Crippen LogP contribution in [-0.2, 0) is 0 Å². The Balaban J connectivity index is 1.18. The lowest BCUT2D eigenvalue weighted by Crippen LogP contribution is -1.93. The number of fused-ring (bicyclic) bond motifs is 7. The van der Waals surface area contributed by atoms with Crippen LogP contribution >= 0.6 is 0 Å². The molecule has 4 nitrogen and oxygen atoms in total. The minimum atomic E-state index is 0.827. The van der Waals surface area contributed by atoms with Crippen LogP contribution in [0.1, 0.15) is 0 Å². The van der Waals surface area contributed by atoms with Crippen molar-refractivity contribution < 1.29 is 0 Å². The highest BCUT2D eigenvalue weighted by Gasteiger charge is 2.11. The second-order valence-corrected chi connectivity index (χ2v) is 10.8. The van der Waals surface area contributed by atoms with E-state index in [0.717, 1.165) is 66.4 Å². The van der Waals surface area contributed by atoms with Crippen LogP contribution in [0.25, 0.3) is 87.9 Å². The van der Waals surface area contributed by atoms with Gasteiger partial charge in [-0.2, -0.15) is 0 Å². The van der Waals surface area contributed by atoms with Crippen molar-refractivity contribution in [3.05, 3.63) is 133 Å². The van der Waals surface area contributed by atoms with Crippen LogP contribution in [0.5, 0.6) is 0 Å². The van der Waals surface area contributed by atoms with Crippen molar-refractivity contribution in [2.75, 3.05) is 0 Å². The number of hydrogen-bond acceptors (Lipinski definition) is 4. The number of hydrogen-bond donors (Lipinski definition) is 0. The van der Waals surface area contributed by atoms with Crippen LogP contribution in [0.3, 0.4) is 0 Å². The van der Waals surface area contributed by atoms with Gasteiger partial charge >= 0.3 is 0 Å². The number of benzene rings is 5. The first kappa shape index (κ1) is 23.0. The van der Waals surface area contributed by atoms with E-state index in [0.29, 0.717) is 0 Å². The maximum atomic E-state index is 5.12. The predicted molar refractivity (Wildman–Crippen MR) is 174 cm³/mol. The van der Waals surface area contributed by atoms with Gasteiger partial charge in [-0.25, -0.2) is 19.9 Å². The van der Waals surface area contributed by atoms with E-state index in [4.69, 9.17) is 19.9 Å². The Morgan fingerprint density at radius 1 is 0.262 bits per heavy atom. The smallest absolute Gasteiger partial charge is 0.0973 e. The molecule has 0 unspecified atom stereocenters. The van der Waals surface area contributed by atoms with Gasteiger partial charge in [0.1, 0.15) is 0 Å². The van der Waals surface area contributed by atoms with Crippen LogP contribution in [0.4, 0.5) is 0 Å². The number of rotatable bonds is 2. The van der Waals surface area contributed by atoms with Gasteiger partial charge in [-0.3, -0.25) is 0 Å². The van der Waals surface area contributed by atoms with Crippen molar-refractivity contribution in [1.82, 2.24) is 19.9 Å². The molecule has 0 atom stereocenters. The molecular weight excluding hydrogens is 512 g/mol. The summed E-state index contributed by atoms with van der Waals surface area (Å²) in [4.78, 5) is 20.2. The van der Waals surface area contributed by atoms with Crippen LogP contribution in [0.15, 0.2) is 133 Å². The zero-order valence-corrected chi connectivity index (χ0v) is 22.5. The first-order valence-electron chi connectivity index (χ1n) is 14.1. The van der Waals surface area contributed by atoms with E-state index in [2.05, 4.69) is 121 Å². The van der Waals surface area contributed by atoms with E-state index in [1.807, 2.05) is 12.1 Å². The largest absolute Gasteiger partial charge is 0.246 e. The summed E-state index contributed by atoms with van der Waals surface area (Å²) in [6.07, 6.45) is 0. The number of aromatic nitrogens is 4. The molecule has 4 heteroatoms. The monoisotopic (exact) mass is 534 g/mol. The quantitative estimate of drug-likeness (QED) is 0.164. The average molecular weight is 535 g/mol. The number of pyridine rings is 4. The fourth-order valence-corrected chi connectivity index (χ4v) is 5.96. The lowest BCUT2D eigenvalue weighted by atomic mass is 10.1. The van der Waals surface area contributed by atoms with Crippen molar-refractivity contribution >= 4 is 65.2 Å². The van der Waals surface area contributed by atoms with E-state index >= 15 is 0 Å². The predicted octanol–water partition coefficient (Wildman–Crippen LogP) is 9.52. The molecule has 0 radical (unpaired) electrons. The lowest BCUT2D eigenvalue weighted by molar-refractivity contribution is 1.30. The summed E-state index contributed by atoms with van der Waals surface area (Å²) in [5.41, 5.74) is 6.98. The SMILES string of the molecule is c1ccc2cc3nc(-c4ccc5ccc6ccc(-c7ccc8cc9ccccc9cc8n7)nc6c5n4)ccc3cc2c1. The standard InChI is InChI=1S/C38H22N4/c1-3-7-27-21-35-29(19-25(27)5-1)13-17-31(39-35)33-15-11-23-9-10-24-12-16-34(42-38(24)37(23)41-33)32-18-14-30-20-26-6-2-4-8-28(26)22-36(30)40-32/h1-22H. The molecule has 0 aliphatic carbocycles. The molecular formula is C38H22N4. The molecule has 9 rings (SSSR count). The minimum absolute atomic E-state index is 0.827. The molecule has 42 heavy (non-hydrogen) atoms. The molecule has 0 spiro atoms. The molecule has 0 fully saturated rings. The topological polar surface area (TPSA) is 51.6 Å². The fourth-order valence-electron chi connectivity index (χ4n) is 5.96. The first-order chi connectivity index (χ1) is 20.7. The Kier molecular flexibility index (Phi) is 4.87. The summed E-state index contributed by atoms with van der Waals surface area (Å²) in [6.45, 7) is 0. The second-order valence-electron chi connectivity index (χ2n) is 10.8. The Bertz CT molecular complexity index is 2360. The van der Waals surface area contributed by atoms with E-state index < -0.39 is 0 Å². The maximum Gasteiger partial charge on any atom is 0.0973 e. The zero-order chi connectivity index (χ0) is 27.6. The Morgan fingerprint density at radius 3 is 1.02 bits per heavy atom. The molecule has 9 aromatic rings. The van der Waals surface area contributed by atoms with Gasteiger partial charge in [0.05, 0.1) is 44.8 Å². The van der Waals surface area contributed by atoms with Crippen molar-refractivity contribution in [3.63, 3.8) is 0 Å². The van der Waals surface area contributed by atoms with Gasteiger partial charge in [-0.1, -0.05) is 84.9 Å². The first-order valence-corrected chi connectivity index (χ1v) is 14.1. The Morgan fingerprint density at radius 2 is 0.595 bits per heavy atom. The molecule has 0 aliphatic rings. The highest BCUT2D eigenvalue weighted by molar-refractivity contribution is 6.04. The Hall–Kier alpha value is -5.74. The van der Waals surface area contributed by atoms with Gasteiger partial charge in [-0.05, 0) is 70.1 Å². The van der Waals surface area contributed by atoms with Gasteiger partial charge in [-0.15, -0.1) is 0 Å². The van der Waals surface area contributed by atoms with Gasteiger partial charge < -0.3 is 0 Å². The van der Waals surface area contributed by atoms with Gasteiger partial charge in [0.15, 0.2) is 0 Å². The van der Waals surface area contributed by atoms with Gasteiger partial charge in [0.2, 0.25) is 0 Å². The van der Waals surface area contributed by atoms with Crippen LogP contribution in [0, 0.1) is 0 Å². The van der Waals surface area contributed by atoms with Crippen molar-refractivity contribution in [2.45, 2.75) is 0 Å². The highest BCUT2D eigenvalue weighted by Crippen LogP contribution is 2.30. The lowest BCUT2D eigenvalue weighted by Gasteiger charge is -2.09. The third kappa shape index (κ3) is 3.70. The third-order valence-corrected chi connectivity index (χ3v) is 8.16. The summed E-state index contributed by atoms with van der Waals surface area (Å²) in [7, 11) is 0. The molecule has 0 N–H and O–H groups in total. The minimum Gasteiger partial charge on any atom is -0.246 e. The average Bonchev–Trinajstić information content (AvgIpc) is 3.05.